The summed E-state index contributed by atoms with van der Waals surface area (Å²) in [5.74, 6) is 0. The van der Waals surface area contributed by atoms with E-state index in [0.717, 1.165) is 24.3 Å². The molecule has 0 saturated carbocycles. The van der Waals surface area contributed by atoms with Crippen LogP contribution in [0.2, 0.25) is 0 Å². The Kier molecular flexibility index (Phi) is 3.29. The van der Waals surface area contributed by atoms with Crippen LogP contribution < -0.4 is 4.90 Å². The molecule has 0 aliphatic carbocycles. The van der Waals surface area contributed by atoms with Crippen molar-refractivity contribution in [3.63, 3.8) is 0 Å². The molecule has 3 nitrogen and oxygen atoms in total. The van der Waals surface area contributed by atoms with Crippen LogP contribution in [-0.2, 0) is 6.42 Å². The number of aliphatic hydroxyl groups excluding tert-OH is 1. The zero-order valence-electron chi connectivity index (χ0n) is 11.2. The van der Waals surface area contributed by atoms with Crippen LogP contribution in [0.15, 0.2) is 29.8 Å². The largest absolute Gasteiger partial charge is 0.387 e. The molecule has 0 saturated heterocycles. The van der Waals surface area contributed by atoms with E-state index < -0.39 is 6.10 Å². The van der Waals surface area contributed by atoms with E-state index in [1.165, 1.54) is 10.4 Å². The molecule has 19 heavy (non-hydrogen) atoms. The number of nitrogens with zero attached hydrogens (tertiary/aromatic N) is 2. The van der Waals surface area contributed by atoms with Gasteiger partial charge in [0.15, 0.2) is 0 Å². The van der Waals surface area contributed by atoms with E-state index in [1.807, 2.05) is 23.6 Å². The molecular weight excluding hydrogens is 256 g/mol. The Balaban J connectivity index is 1.87. The summed E-state index contributed by atoms with van der Waals surface area (Å²) in [7, 11) is 0. The Bertz CT molecular complexity index is 562. The van der Waals surface area contributed by atoms with Gasteiger partial charge in [-0.1, -0.05) is 0 Å². The molecule has 0 fully saturated rings. The summed E-state index contributed by atoms with van der Waals surface area (Å²) in [6.45, 7) is 5.01. The summed E-state index contributed by atoms with van der Waals surface area (Å²) in [4.78, 5) is 8.24. The standard InChI is InChI=1S/C15H18N2OS/c1-10-13-6-8-19-15(13)5-7-17(10)12-3-4-14(11(2)18)16-9-12/h3-4,6,8-11,18H,5,7H2,1-2H3/t10?,11-/m1/s1. The van der Waals surface area contributed by atoms with Gasteiger partial charge in [0.05, 0.1) is 29.7 Å². The number of rotatable bonds is 2. The molecule has 1 unspecified atom stereocenters. The zero-order valence-corrected chi connectivity index (χ0v) is 12.0. The summed E-state index contributed by atoms with van der Waals surface area (Å²) in [5, 5.41) is 11.7. The van der Waals surface area contributed by atoms with Crippen molar-refractivity contribution in [3.8, 4) is 0 Å². The molecule has 2 aromatic heterocycles. The van der Waals surface area contributed by atoms with Gasteiger partial charge < -0.3 is 10.0 Å². The third-order valence-corrected chi connectivity index (χ3v) is 4.80. The summed E-state index contributed by atoms with van der Waals surface area (Å²) < 4.78 is 0. The summed E-state index contributed by atoms with van der Waals surface area (Å²) in [6, 6.07) is 6.60. The van der Waals surface area contributed by atoms with Gasteiger partial charge in [0.25, 0.3) is 0 Å². The third kappa shape index (κ3) is 2.26. The van der Waals surface area contributed by atoms with Gasteiger partial charge in [-0.25, -0.2) is 0 Å². The van der Waals surface area contributed by atoms with Crippen LogP contribution in [0.25, 0.3) is 0 Å². The molecule has 1 N–H and O–H groups in total. The van der Waals surface area contributed by atoms with Crippen molar-refractivity contribution in [2.45, 2.75) is 32.4 Å². The van der Waals surface area contributed by atoms with Gasteiger partial charge in [0, 0.05) is 11.4 Å². The monoisotopic (exact) mass is 274 g/mol. The molecule has 3 heterocycles. The van der Waals surface area contributed by atoms with Gasteiger partial charge in [-0.2, -0.15) is 0 Å². The molecule has 0 bridgehead atoms. The molecule has 0 amide bonds. The van der Waals surface area contributed by atoms with E-state index in [9.17, 15) is 5.11 Å². The van der Waals surface area contributed by atoms with Crippen molar-refractivity contribution in [1.82, 2.24) is 4.98 Å². The second kappa shape index (κ2) is 4.94. The highest BCUT2D eigenvalue weighted by atomic mass is 32.1. The SMILES string of the molecule is CC1c2ccsc2CCN1c1ccc([C@@H](C)O)nc1. The molecule has 4 heteroatoms. The van der Waals surface area contributed by atoms with Crippen molar-refractivity contribution >= 4 is 17.0 Å². The first-order valence-corrected chi connectivity index (χ1v) is 7.51. The van der Waals surface area contributed by atoms with Crippen molar-refractivity contribution in [3.05, 3.63) is 45.9 Å². The first kappa shape index (κ1) is 12.6. The lowest BCUT2D eigenvalue weighted by molar-refractivity contribution is 0.194. The van der Waals surface area contributed by atoms with Gasteiger partial charge in [-0.15, -0.1) is 11.3 Å². The first-order valence-electron chi connectivity index (χ1n) is 6.63. The van der Waals surface area contributed by atoms with E-state index in [0.29, 0.717) is 6.04 Å². The Morgan fingerprint density at radius 3 is 2.95 bits per heavy atom. The van der Waals surface area contributed by atoms with Gasteiger partial charge in [-0.3, -0.25) is 4.98 Å². The minimum absolute atomic E-state index is 0.397. The Morgan fingerprint density at radius 1 is 1.42 bits per heavy atom. The smallest absolute Gasteiger partial charge is 0.0931 e. The number of hydrogen-bond donors (Lipinski definition) is 1. The molecule has 2 atom stereocenters. The van der Waals surface area contributed by atoms with E-state index in [1.54, 1.807) is 6.92 Å². The molecule has 0 radical (unpaired) electrons. The molecule has 0 spiro atoms. The number of aromatic nitrogens is 1. The second-order valence-corrected chi connectivity index (χ2v) is 6.04. The van der Waals surface area contributed by atoms with Crippen LogP contribution >= 0.6 is 11.3 Å². The summed E-state index contributed by atoms with van der Waals surface area (Å²) >= 11 is 1.86. The first-order chi connectivity index (χ1) is 9.16. The van der Waals surface area contributed by atoms with E-state index in [4.69, 9.17) is 0 Å². The average Bonchev–Trinajstić information content (AvgIpc) is 2.88. The Labute approximate surface area is 117 Å². The van der Waals surface area contributed by atoms with Crippen LogP contribution in [0, 0.1) is 0 Å². The highest BCUT2D eigenvalue weighted by Crippen LogP contribution is 2.35. The fraction of sp³-hybridized carbons (Fsp3) is 0.400. The van der Waals surface area contributed by atoms with Crippen LogP contribution in [0.1, 0.15) is 42.1 Å². The molecular formula is C15H18N2OS. The van der Waals surface area contributed by atoms with Crippen LogP contribution in [0.5, 0.6) is 0 Å². The van der Waals surface area contributed by atoms with E-state index >= 15 is 0 Å². The van der Waals surface area contributed by atoms with Crippen molar-refractivity contribution in [2.75, 3.05) is 11.4 Å². The van der Waals surface area contributed by atoms with Gasteiger partial charge in [0.2, 0.25) is 0 Å². The lowest BCUT2D eigenvalue weighted by atomic mass is 10.0. The lowest BCUT2D eigenvalue weighted by Gasteiger charge is -2.35. The maximum atomic E-state index is 9.50. The maximum Gasteiger partial charge on any atom is 0.0931 e. The number of anilines is 1. The summed E-state index contributed by atoms with van der Waals surface area (Å²) in [6.07, 6.45) is 2.47. The topological polar surface area (TPSA) is 36.4 Å². The van der Waals surface area contributed by atoms with E-state index in [2.05, 4.69) is 34.3 Å². The van der Waals surface area contributed by atoms with Crippen LogP contribution in [0.3, 0.4) is 0 Å². The van der Waals surface area contributed by atoms with Crippen molar-refractivity contribution in [2.24, 2.45) is 0 Å². The lowest BCUT2D eigenvalue weighted by Crippen LogP contribution is -2.33. The quantitative estimate of drug-likeness (QED) is 0.912. The normalized spacial score (nSPS) is 20.2. The Hall–Kier alpha value is -1.39. The summed E-state index contributed by atoms with van der Waals surface area (Å²) in [5.41, 5.74) is 3.30. The molecule has 100 valence electrons. The molecule has 0 aromatic carbocycles. The average molecular weight is 274 g/mol. The minimum atomic E-state index is -0.503. The number of aliphatic hydroxyl groups is 1. The predicted molar refractivity (Wildman–Crippen MR) is 78.7 cm³/mol. The number of thiophene rings is 1. The van der Waals surface area contributed by atoms with Crippen molar-refractivity contribution in [1.29, 1.82) is 0 Å². The fourth-order valence-electron chi connectivity index (χ4n) is 2.68. The van der Waals surface area contributed by atoms with Crippen LogP contribution in [-0.4, -0.2) is 16.6 Å². The molecule has 3 rings (SSSR count). The van der Waals surface area contributed by atoms with E-state index in [-0.39, 0.29) is 0 Å². The van der Waals surface area contributed by atoms with Gasteiger partial charge in [0.1, 0.15) is 0 Å². The molecule has 1 aliphatic rings. The Morgan fingerprint density at radius 2 is 2.26 bits per heavy atom. The third-order valence-electron chi connectivity index (χ3n) is 3.81. The second-order valence-electron chi connectivity index (χ2n) is 5.04. The zero-order chi connectivity index (χ0) is 13.4. The van der Waals surface area contributed by atoms with Crippen LogP contribution in [0.4, 0.5) is 5.69 Å². The molecule has 1 aliphatic heterocycles. The predicted octanol–water partition coefficient (Wildman–Crippen LogP) is 3.32. The molecule has 2 aromatic rings. The number of hydrogen-bond acceptors (Lipinski definition) is 4. The highest BCUT2D eigenvalue weighted by Gasteiger charge is 2.25. The minimum Gasteiger partial charge on any atom is -0.387 e. The van der Waals surface area contributed by atoms with Gasteiger partial charge >= 0.3 is 0 Å². The number of pyridine rings is 1. The fourth-order valence-corrected chi connectivity index (χ4v) is 3.64. The highest BCUT2D eigenvalue weighted by molar-refractivity contribution is 7.10. The maximum absolute atomic E-state index is 9.50. The van der Waals surface area contributed by atoms with Gasteiger partial charge in [-0.05, 0) is 49.4 Å². The van der Waals surface area contributed by atoms with Crippen molar-refractivity contribution < 1.29 is 5.11 Å². The number of fused-ring (bicyclic) bond motifs is 1.